The van der Waals surface area contributed by atoms with Gasteiger partial charge >= 0.3 is 0 Å². The predicted octanol–water partition coefficient (Wildman–Crippen LogP) is 1.71. The number of hydrogen-bond acceptors (Lipinski definition) is 5. The summed E-state index contributed by atoms with van der Waals surface area (Å²) in [7, 11) is 2.02. The molecule has 1 aromatic rings. The molecular formula is C13H20N4OS. The Morgan fingerprint density at radius 2 is 2.26 bits per heavy atom. The number of nitrogen functional groups attached to an aromatic ring is 1. The lowest BCUT2D eigenvalue weighted by Crippen LogP contribution is -2.29. The van der Waals surface area contributed by atoms with Gasteiger partial charge in [-0.25, -0.2) is 0 Å². The average Bonchev–Trinajstić information content (AvgIpc) is 3.24. The molecular weight excluding hydrogens is 260 g/mol. The Labute approximate surface area is 117 Å². The smallest absolute Gasteiger partial charge is 0.258 e. The minimum Gasteiger partial charge on any atom is -0.382 e. The van der Waals surface area contributed by atoms with Crippen LogP contribution in [0.2, 0.25) is 0 Å². The van der Waals surface area contributed by atoms with Gasteiger partial charge in [0, 0.05) is 19.6 Å². The van der Waals surface area contributed by atoms with Crippen molar-refractivity contribution in [3.63, 3.8) is 0 Å². The van der Waals surface area contributed by atoms with Crippen molar-refractivity contribution in [2.45, 2.75) is 32.2 Å². The maximum Gasteiger partial charge on any atom is 0.258 e. The molecule has 1 amide bonds. The van der Waals surface area contributed by atoms with Crippen molar-refractivity contribution in [1.82, 2.24) is 9.69 Å². The zero-order valence-electron chi connectivity index (χ0n) is 11.3. The van der Waals surface area contributed by atoms with Gasteiger partial charge in [-0.3, -0.25) is 4.79 Å². The molecule has 0 aliphatic heterocycles. The highest BCUT2D eigenvalue weighted by Crippen LogP contribution is 2.40. The topological polar surface area (TPSA) is 71.2 Å². The largest absolute Gasteiger partial charge is 0.382 e. The van der Waals surface area contributed by atoms with Gasteiger partial charge in [0.25, 0.3) is 5.91 Å². The third-order valence-electron chi connectivity index (χ3n) is 3.97. The molecule has 2 atom stereocenters. The van der Waals surface area contributed by atoms with Gasteiger partial charge in [0.1, 0.15) is 10.6 Å². The molecule has 2 aliphatic carbocycles. The van der Waals surface area contributed by atoms with E-state index in [2.05, 4.69) is 21.5 Å². The number of amides is 1. The lowest BCUT2D eigenvalue weighted by molar-refractivity contribution is 0.0952. The van der Waals surface area contributed by atoms with Crippen LogP contribution < -0.4 is 16.0 Å². The van der Waals surface area contributed by atoms with Gasteiger partial charge in [-0.05, 0) is 42.6 Å². The van der Waals surface area contributed by atoms with E-state index in [1.165, 1.54) is 18.0 Å². The van der Waals surface area contributed by atoms with Gasteiger partial charge in [0.2, 0.25) is 0 Å². The Bertz CT molecular complexity index is 497. The lowest BCUT2D eigenvalue weighted by Gasteiger charge is -2.18. The van der Waals surface area contributed by atoms with E-state index in [9.17, 15) is 4.79 Å². The highest BCUT2D eigenvalue weighted by Gasteiger charge is 2.35. The highest BCUT2D eigenvalue weighted by atomic mass is 32.1. The standard InChI is InChI=1S/C13H20N4OS/c1-7-5-8(7)6-17(2)13-10(11(14)16-19-13)12(18)15-9-3-4-9/h7-9H,3-6H2,1-2H3,(H2,14,16)(H,15,18). The number of aromatic nitrogens is 1. The van der Waals surface area contributed by atoms with Crippen LogP contribution >= 0.6 is 11.5 Å². The second-order valence-corrected chi connectivity index (χ2v) is 6.60. The number of nitrogens with zero attached hydrogens (tertiary/aromatic N) is 2. The summed E-state index contributed by atoms with van der Waals surface area (Å²) in [6, 6.07) is 0.341. The first-order chi connectivity index (χ1) is 9.06. The SMILES string of the molecule is CC1CC1CN(C)c1snc(N)c1C(=O)NC1CC1. The zero-order chi connectivity index (χ0) is 13.6. The highest BCUT2D eigenvalue weighted by molar-refractivity contribution is 7.11. The van der Waals surface area contributed by atoms with E-state index in [1.807, 2.05) is 7.05 Å². The van der Waals surface area contributed by atoms with Gasteiger partial charge in [-0.2, -0.15) is 4.37 Å². The molecule has 104 valence electrons. The summed E-state index contributed by atoms with van der Waals surface area (Å²) in [5.74, 6) is 1.83. The molecule has 2 saturated carbocycles. The first-order valence-electron chi connectivity index (χ1n) is 6.83. The molecule has 1 aromatic heterocycles. The van der Waals surface area contributed by atoms with E-state index in [-0.39, 0.29) is 5.91 Å². The fourth-order valence-corrected chi connectivity index (χ4v) is 3.12. The summed E-state index contributed by atoms with van der Waals surface area (Å²) < 4.78 is 4.15. The van der Waals surface area contributed by atoms with E-state index in [0.717, 1.165) is 36.2 Å². The van der Waals surface area contributed by atoms with E-state index in [4.69, 9.17) is 5.73 Å². The van der Waals surface area contributed by atoms with Crippen LogP contribution in [0.15, 0.2) is 0 Å². The molecule has 2 fully saturated rings. The monoisotopic (exact) mass is 280 g/mol. The van der Waals surface area contributed by atoms with Gasteiger partial charge in [-0.15, -0.1) is 0 Å². The van der Waals surface area contributed by atoms with Crippen LogP contribution in [0.25, 0.3) is 0 Å². The predicted molar refractivity (Wildman–Crippen MR) is 77.6 cm³/mol. The first kappa shape index (κ1) is 12.7. The molecule has 0 bridgehead atoms. The third kappa shape index (κ3) is 2.68. The van der Waals surface area contributed by atoms with Crippen LogP contribution in [-0.2, 0) is 0 Å². The Hall–Kier alpha value is -1.30. The number of anilines is 2. The van der Waals surface area contributed by atoms with Crippen LogP contribution in [-0.4, -0.2) is 29.9 Å². The molecule has 5 nitrogen and oxygen atoms in total. The number of hydrogen-bond donors (Lipinski definition) is 2. The molecule has 19 heavy (non-hydrogen) atoms. The Kier molecular flexibility index (Phi) is 3.12. The normalized spacial score (nSPS) is 25.2. The summed E-state index contributed by atoms with van der Waals surface area (Å²) in [6.45, 7) is 3.24. The zero-order valence-corrected chi connectivity index (χ0v) is 12.2. The second-order valence-electron chi connectivity index (χ2n) is 5.85. The van der Waals surface area contributed by atoms with Gasteiger partial charge < -0.3 is 16.0 Å². The summed E-state index contributed by atoms with van der Waals surface area (Å²) in [4.78, 5) is 14.3. The molecule has 2 aliphatic rings. The Morgan fingerprint density at radius 1 is 1.58 bits per heavy atom. The molecule has 0 radical (unpaired) electrons. The van der Waals surface area contributed by atoms with Crippen molar-refractivity contribution >= 4 is 28.3 Å². The van der Waals surface area contributed by atoms with Crippen LogP contribution in [0.4, 0.5) is 10.8 Å². The number of carbonyl (C=O) groups is 1. The van der Waals surface area contributed by atoms with E-state index >= 15 is 0 Å². The third-order valence-corrected chi connectivity index (χ3v) is 4.95. The van der Waals surface area contributed by atoms with Crippen LogP contribution in [0.3, 0.4) is 0 Å². The van der Waals surface area contributed by atoms with Gasteiger partial charge in [0.15, 0.2) is 5.82 Å². The van der Waals surface area contributed by atoms with Gasteiger partial charge in [-0.1, -0.05) is 6.92 Å². The van der Waals surface area contributed by atoms with Crippen molar-refractivity contribution in [2.24, 2.45) is 11.8 Å². The summed E-state index contributed by atoms with van der Waals surface area (Å²) >= 11 is 1.32. The molecule has 0 spiro atoms. The Balaban J connectivity index is 1.74. The van der Waals surface area contributed by atoms with Crippen LogP contribution in [0.5, 0.6) is 0 Å². The van der Waals surface area contributed by atoms with Crippen LogP contribution in [0.1, 0.15) is 36.5 Å². The molecule has 3 N–H and O–H groups in total. The summed E-state index contributed by atoms with van der Waals surface area (Å²) in [5.41, 5.74) is 6.42. The quantitative estimate of drug-likeness (QED) is 0.861. The minimum atomic E-state index is -0.0700. The number of nitrogens with one attached hydrogen (secondary N) is 1. The molecule has 0 aromatic carbocycles. The van der Waals surface area contributed by atoms with Crippen molar-refractivity contribution in [2.75, 3.05) is 24.2 Å². The van der Waals surface area contributed by atoms with Crippen molar-refractivity contribution in [3.8, 4) is 0 Å². The second kappa shape index (κ2) is 4.67. The van der Waals surface area contributed by atoms with E-state index < -0.39 is 0 Å². The van der Waals surface area contributed by atoms with Gasteiger partial charge in [0.05, 0.1) is 0 Å². The summed E-state index contributed by atoms with van der Waals surface area (Å²) in [6.07, 6.45) is 3.43. The molecule has 6 heteroatoms. The minimum absolute atomic E-state index is 0.0700. The van der Waals surface area contributed by atoms with E-state index in [1.54, 1.807) is 0 Å². The Morgan fingerprint density at radius 3 is 2.84 bits per heavy atom. The van der Waals surface area contributed by atoms with Crippen molar-refractivity contribution in [1.29, 1.82) is 0 Å². The number of nitrogens with two attached hydrogens (primary N) is 1. The fourth-order valence-electron chi connectivity index (χ4n) is 2.34. The molecule has 3 rings (SSSR count). The van der Waals surface area contributed by atoms with Crippen molar-refractivity contribution < 1.29 is 4.79 Å². The fraction of sp³-hybridized carbons (Fsp3) is 0.692. The number of carbonyl (C=O) groups excluding carboxylic acids is 1. The molecule has 1 heterocycles. The lowest BCUT2D eigenvalue weighted by atomic mass is 10.2. The number of rotatable bonds is 5. The van der Waals surface area contributed by atoms with E-state index in [0.29, 0.717) is 17.4 Å². The average molecular weight is 280 g/mol. The summed E-state index contributed by atoms with van der Waals surface area (Å²) in [5, 5.41) is 3.89. The maximum absolute atomic E-state index is 12.2. The van der Waals surface area contributed by atoms with Crippen molar-refractivity contribution in [3.05, 3.63) is 5.56 Å². The maximum atomic E-state index is 12.2. The molecule has 2 unspecified atom stereocenters. The first-order valence-corrected chi connectivity index (χ1v) is 7.60. The van der Waals surface area contributed by atoms with Crippen LogP contribution in [0, 0.1) is 11.8 Å². The molecule has 0 saturated heterocycles.